The Morgan fingerprint density at radius 3 is 2.23 bits per heavy atom. The van der Waals surface area contributed by atoms with Crippen LogP contribution in [0.25, 0.3) is 0 Å². The molecule has 0 aliphatic carbocycles. The highest BCUT2D eigenvalue weighted by Gasteiger charge is 2.29. The van der Waals surface area contributed by atoms with E-state index in [1.807, 2.05) is 13.8 Å². The van der Waals surface area contributed by atoms with E-state index < -0.39 is 17.6 Å². The molecule has 0 fully saturated rings. The Hall–Kier alpha value is -0.823. The highest BCUT2D eigenvalue weighted by molar-refractivity contribution is 5.98. The molecule has 0 heterocycles. The van der Waals surface area contributed by atoms with Gasteiger partial charge in [-0.15, -0.1) is 0 Å². The van der Waals surface area contributed by atoms with Crippen molar-refractivity contribution in [3.8, 4) is 0 Å². The molecule has 22 heavy (non-hydrogen) atoms. The lowest BCUT2D eigenvalue weighted by Crippen LogP contribution is -2.38. The summed E-state index contributed by atoms with van der Waals surface area (Å²) in [6.45, 7) is 4.91. The molecule has 0 aliphatic rings. The summed E-state index contributed by atoms with van der Waals surface area (Å²) >= 11 is 0. The fourth-order valence-corrected chi connectivity index (χ4v) is 2.83. The molecule has 126 valence electrons. The topological polar surface area (TPSA) is 27.7 Å². The number of rotatable bonds is 11. The van der Waals surface area contributed by atoms with E-state index in [4.69, 9.17) is 13.9 Å². The Balaban J connectivity index is 2.35. The van der Waals surface area contributed by atoms with Crippen LogP contribution in [0.4, 0.5) is 8.78 Å². The first kappa shape index (κ1) is 19.2. The van der Waals surface area contributed by atoms with Gasteiger partial charge < -0.3 is 13.9 Å². The van der Waals surface area contributed by atoms with E-state index in [0.29, 0.717) is 30.1 Å². The van der Waals surface area contributed by atoms with E-state index in [1.165, 1.54) is 12.1 Å². The van der Waals surface area contributed by atoms with Gasteiger partial charge >= 0.3 is 0 Å². The van der Waals surface area contributed by atoms with Gasteiger partial charge in [0.25, 0.3) is 5.97 Å². The SMILES string of the molecule is CCOC(CCCCCc1ccc(F)c(F)c1)(O[SiH3])OCC. The molecule has 6 heteroatoms. The Bertz CT molecular complexity index is 437. The van der Waals surface area contributed by atoms with E-state index in [1.54, 1.807) is 6.07 Å². The third-order valence-corrected chi connectivity index (χ3v) is 4.09. The molecular formula is C16H26F2O3Si. The summed E-state index contributed by atoms with van der Waals surface area (Å²) < 4.78 is 42.7. The number of halogens is 2. The molecule has 0 unspecified atom stereocenters. The van der Waals surface area contributed by atoms with E-state index in [2.05, 4.69) is 0 Å². The average molecular weight is 332 g/mol. The van der Waals surface area contributed by atoms with E-state index in [-0.39, 0.29) is 0 Å². The Morgan fingerprint density at radius 2 is 1.68 bits per heavy atom. The molecule has 0 saturated heterocycles. The zero-order valence-corrected chi connectivity index (χ0v) is 15.7. The summed E-state index contributed by atoms with van der Waals surface area (Å²) in [5, 5.41) is 0. The minimum Gasteiger partial charge on any atom is -0.380 e. The van der Waals surface area contributed by atoms with Crippen LogP contribution in [0, 0.1) is 11.6 Å². The molecule has 0 saturated carbocycles. The molecular weight excluding hydrogens is 306 g/mol. The summed E-state index contributed by atoms with van der Waals surface area (Å²) in [5.41, 5.74) is 0.818. The summed E-state index contributed by atoms with van der Waals surface area (Å²) in [6, 6.07) is 4.07. The van der Waals surface area contributed by atoms with Crippen molar-refractivity contribution in [2.24, 2.45) is 0 Å². The van der Waals surface area contributed by atoms with Gasteiger partial charge in [0.05, 0.1) is 0 Å². The predicted molar refractivity (Wildman–Crippen MR) is 85.5 cm³/mol. The Labute approximate surface area is 134 Å². The second-order valence-electron chi connectivity index (χ2n) is 5.06. The van der Waals surface area contributed by atoms with Crippen molar-refractivity contribution in [1.29, 1.82) is 0 Å². The second kappa shape index (κ2) is 10.0. The third-order valence-electron chi connectivity index (χ3n) is 3.47. The van der Waals surface area contributed by atoms with Gasteiger partial charge in [-0.25, -0.2) is 8.78 Å². The van der Waals surface area contributed by atoms with Crippen molar-refractivity contribution in [1.82, 2.24) is 0 Å². The molecule has 1 rings (SSSR count). The van der Waals surface area contributed by atoms with Crippen LogP contribution in [0.1, 0.15) is 45.1 Å². The van der Waals surface area contributed by atoms with Crippen molar-refractivity contribution in [3.63, 3.8) is 0 Å². The molecule has 1 aromatic rings. The molecule has 1 aromatic carbocycles. The van der Waals surface area contributed by atoms with Crippen LogP contribution in [0.2, 0.25) is 0 Å². The maximum absolute atomic E-state index is 13.1. The molecule has 0 N–H and O–H groups in total. The van der Waals surface area contributed by atoms with Gasteiger partial charge in [-0.1, -0.05) is 12.5 Å². The lowest BCUT2D eigenvalue weighted by molar-refractivity contribution is -0.344. The van der Waals surface area contributed by atoms with E-state index in [0.717, 1.165) is 31.2 Å². The van der Waals surface area contributed by atoms with Crippen LogP contribution in [-0.4, -0.2) is 29.7 Å². The van der Waals surface area contributed by atoms with Crippen LogP contribution in [-0.2, 0) is 20.3 Å². The second-order valence-corrected chi connectivity index (χ2v) is 5.47. The quantitative estimate of drug-likeness (QED) is 0.354. The van der Waals surface area contributed by atoms with Crippen molar-refractivity contribution in [2.75, 3.05) is 13.2 Å². The van der Waals surface area contributed by atoms with Gasteiger partial charge in [0.2, 0.25) is 0 Å². The highest BCUT2D eigenvalue weighted by atomic mass is 28.2. The maximum atomic E-state index is 13.1. The lowest BCUT2D eigenvalue weighted by atomic mass is 10.1. The zero-order chi connectivity index (χ0) is 16.4. The molecule has 0 radical (unpaired) electrons. The number of benzene rings is 1. The number of aryl methyl sites for hydroxylation is 1. The smallest absolute Gasteiger partial charge is 0.272 e. The lowest BCUT2D eigenvalue weighted by Gasteiger charge is -2.31. The largest absolute Gasteiger partial charge is 0.380 e. The fraction of sp³-hybridized carbons (Fsp3) is 0.625. The van der Waals surface area contributed by atoms with E-state index >= 15 is 0 Å². The Morgan fingerprint density at radius 1 is 1.00 bits per heavy atom. The van der Waals surface area contributed by atoms with E-state index in [9.17, 15) is 8.78 Å². The Kier molecular flexibility index (Phi) is 8.78. The molecule has 0 spiro atoms. The van der Waals surface area contributed by atoms with Gasteiger partial charge in [-0.05, 0) is 50.8 Å². The van der Waals surface area contributed by atoms with Gasteiger partial charge in [-0.2, -0.15) is 0 Å². The molecule has 0 aromatic heterocycles. The number of unbranched alkanes of at least 4 members (excludes halogenated alkanes) is 2. The molecule has 3 nitrogen and oxygen atoms in total. The minimum absolute atomic E-state index is 0.539. The maximum Gasteiger partial charge on any atom is 0.272 e. The number of ether oxygens (including phenoxy) is 2. The van der Waals surface area contributed by atoms with Crippen LogP contribution in [0.15, 0.2) is 18.2 Å². The number of hydrogen-bond donors (Lipinski definition) is 0. The van der Waals surface area contributed by atoms with Crippen LogP contribution >= 0.6 is 0 Å². The van der Waals surface area contributed by atoms with Crippen LogP contribution in [0.3, 0.4) is 0 Å². The van der Waals surface area contributed by atoms with Crippen molar-refractivity contribution < 1.29 is 22.7 Å². The summed E-state index contributed by atoms with van der Waals surface area (Å²) in [7, 11) is 0.545. The first-order chi connectivity index (χ1) is 10.6. The minimum atomic E-state index is -0.905. The highest BCUT2D eigenvalue weighted by Crippen LogP contribution is 2.23. The molecule has 0 atom stereocenters. The van der Waals surface area contributed by atoms with Crippen molar-refractivity contribution in [2.45, 2.75) is 51.9 Å². The molecule has 0 bridgehead atoms. The van der Waals surface area contributed by atoms with Gasteiger partial charge in [0.1, 0.15) is 0 Å². The van der Waals surface area contributed by atoms with Gasteiger partial charge in [0.15, 0.2) is 22.1 Å². The summed E-state index contributed by atoms with van der Waals surface area (Å²) in [6.07, 6.45) is 4.16. The third kappa shape index (κ3) is 6.12. The summed E-state index contributed by atoms with van der Waals surface area (Å²) in [4.78, 5) is 0. The fourth-order valence-electron chi connectivity index (χ4n) is 2.39. The van der Waals surface area contributed by atoms with Gasteiger partial charge in [0, 0.05) is 19.6 Å². The van der Waals surface area contributed by atoms with Crippen molar-refractivity contribution >= 4 is 10.5 Å². The number of hydrogen-bond acceptors (Lipinski definition) is 3. The predicted octanol–water partition coefficient (Wildman–Crippen LogP) is 3.09. The van der Waals surface area contributed by atoms with Crippen molar-refractivity contribution in [3.05, 3.63) is 35.4 Å². The molecule has 0 amide bonds. The molecule has 0 aliphatic heterocycles. The summed E-state index contributed by atoms with van der Waals surface area (Å²) in [5.74, 6) is -2.49. The van der Waals surface area contributed by atoms with Gasteiger partial charge in [-0.3, -0.25) is 0 Å². The first-order valence-corrected chi connectivity index (χ1v) is 8.65. The first-order valence-electron chi connectivity index (χ1n) is 7.84. The van der Waals surface area contributed by atoms with Crippen LogP contribution in [0.5, 0.6) is 0 Å². The van der Waals surface area contributed by atoms with Crippen LogP contribution < -0.4 is 0 Å². The average Bonchev–Trinajstić information content (AvgIpc) is 2.50. The standard InChI is InChI=1S/C16H26F2O3Si/c1-3-19-16(21-22,20-4-2)11-7-5-6-8-13-9-10-14(17)15(18)12-13/h9-10,12H,3-8,11H2,1-2,22H3. The monoisotopic (exact) mass is 332 g/mol. The zero-order valence-electron chi connectivity index (χ0n) is 13.7. The normalized spacial score (nSPS) is 12.0.